The van der Waals surface area contributed by atoms with Crippen molar-refractivity contribution in [3.05, 3.63) is 48.0 Å². The van der Waals surface area contributed by atoms with Gasteiger partial charge >= 0.3 is 6.03 Å². The second-order valence-electron chi connectivity index (χ2n) is 6.45. The number of aliphatic hydroxyl groups is 1. The van der Waals surface area contributed by atoms with Gasteiger partial charge in [-0.2, -0.15) is 0 Å². The predicted octanol–water partition coefficient (Wildman–Crippen LogP) is 3.43. The lowest BCUT2D eigenvalue weighted by Crippen LogP contribution is -2.32. The van der Waals surface area contributed by atoms with Gasteiger partial charge in [0.2, 0.25) is 0 Å². The van der Waals surface area contributed by atoms with Gasteiger partial charge in [0.1, 0.15) is 5.75 Å². The molecule has 0 aromatic heterocycles. The van der Waals surface area contributed by atoms with Crippen LogP contribution >= 0.6 is 0 Å². The second-order valence-corrected chi connectivity index (χ2v) is 6.45. The van der Waals surface area contributed by atoms with Crippen molar-refractivity contribution >= 4 is 11.7 Å². The Kier molecular flexibility index (Phi) is 5.56. The number of carbonyl (C=O) groups is 1. The van der Waals surface area contributed by atoms with Gasteiger partial charge in [-0.15, -0.1) is 0 Å². The molecule has 0 saturated carbocycles. The molecule has 1 unspecified atom stereocenters. The van der Waals surface area contributed by atoms with Crippen LogP contribution in [0.15, 0.2) is 42.5 Å². The van der Waals surface area contributed by atoms with Gasteiger partial charge < -0.3 is 20.5 Å². The highest BCUT2D eigenvalue weighted by Gasteiger charge is 2.13. The fourth-order valence-electron chi connectivity index (χ4n) is 2.91. The van der Waals surface area contributed by atoms with Crippen LogP contribution in [0.5, 0.6) is 5.75 Å². The van der Waals surface area contributed by atoms with E-state index in [2.05, 4.69) is 16.7 Å². The Bertz CT molecular complexity index is 745. The van der Waals surface area contributed by atoms with E-state index in [4.69, 9.17) is 9.84 Å². The normalized spacial score (nSPS) is 13.7. The average Bonchev–Trinajstić information content (AvgIpc) is 3.08. The van der Waals surface area contributed by atoms with E-state index in [1.54, 1.807) is 0 Å². The number of amides is 2. The lowest BCUT2D eigenvalue weighted by atomic mass is 10.0. The smallest absolute Gasteiger partial charge is 0.319 e. The molecule has 1 heterocycles. The minimum absolute atomic E-state index is 0.137. The number of rotatable bonds is 6. The molecule has 0 fully saturated rings. The van der Waals surface area contributed by atoms with Gasteiger partial charge in [0.15, 0.2) is 0 Å². The molecule has 2 aromatic carbocycles. The monoisotopic (exact) mass is 340 g/mol. The van der Waals surface area contributed by atoms with Crippen molar-refractivity contribution in [3.63, 3.8) is 0 Å². The number of nitrogens with one attached hydrogen (secondary N) is 2. The SMILES string of the molecule is CC(CCO)CNC(=O)Nc1cccc(-c2ccc3c(c2)CCO3)c1. The minimum Gasteiger partial charge on any atom is -0.493 e. The van der Waals surface area contributed by atoms with Crippen LogP contribution in [0.2, 0.25) is 0 Å². The molecule has 0 spiro atoms. The maximum atomic E-state index is 12.0. The van der Waals surface area contributed by atoms with E-state index in [1.807, 2.05) is 43.3 Å². The van der Waals surface area contributed by atoms with Crippen LogP contribution in [0, 0.1) is 5.92 Å². The molecule has 3 N–H and O–H groups in total. The van der Waals surface area contributed by atoms with E-state index in [-0.39, 0.29) is 18.6 Å². The number of fused-ring (bicyclic) bond motifs is 1. The maximum Gasteiger partial charge on any atom is 0.319 e. The topological polar surface area (TPSA) is 70.6 Å². The summed E-state index contributed by atoms with van der Waals surface area (Å²) in [6.07, 6.45) is 1.62. The highest BCUT2D eigenvalue weighted by Crippen LogP contribution is 2.31. The van der Waals surface area contributed by atoms with Gasteiger partial charge in [0.05, 0.1) is 6.61 Å². The fourth-order valence-corrected chi connectivity index (χ4v) is 2.91. The fraction of sp³-hybridized carbons (Fsp3) is 0.350. The third kappa shape index (κ3) is 4.51. The summed E-state index contributed by atoms with van der Waals surface area (Å²) in [5.41, 5.74) is 4.15. The molecule has 1 aliphatic rings. The Morgan fingerprint density at radius 1 is 1.24 bits per heavy atom. The van der Waals surface area contributed by atoms with Gasteiger partial charge in [-0.1, -0.05) is 25.1 Å². The summed E-state index contributed by atoms with van der Waals surface area (Å²) in [5.74, 6) is 1.21. The Balaban J connectivity index is 1.64. The summed E-state index contributed by atoms with van der Waals surface area (Å²) < 4.78 is 5.55. The van der Waals surface area contributed by atoms with E-state index in [0.717, 1.165) is 35.6 Å². The van der Waals surface area contributed by atoms with Crippen LogP contribution in [0.4, 0.5) is 10.5 Å². The second kappa shape index (κ2) is 8.03. The van der Waals surface area contributed by atoms with Crippen molar-refractivity contribution in [3.8, 4) is 16.9 Å². The zero-order valence-corrected chi connectivity index (χ0v) is 14.4. The number of ether oxygens (including phenoxy) is 1. The van der Waals surface area contributed by atoms with Crippen LogP contribution in [0.25, 0.3) is 11.1 Å². The van der Waals surface area contributed by atoms with Crippen molar-refractivity contribution < 1.29 is 14.6 Å². The summed E-state index contributed by atoms with van der Waals surface area (Å²) in [5, 5.41) is 14.6. The highest BCUT2D eigenvalue weighted by atomic mass is 16.5. The molecule has 2 amide bonds. The van der Waals surface area contributed by atoms with Gasteiger partial charge in [-0.3, -0.25) is 0 Å². The van der Waals surface area contributed by atoms with Gasteiger partial charge in [0.25, 0.3) is 0 Å². The minimum atomic E-state index is -0.232. The Labute approximate surface area is 148 Å². The van der Waals surface area contributed by atoms with E-state index in [9.17, 15) is 4.79 Å². The van der Waals surface area contributed by atoms with Gasteiger partial charge in [0, 0.05) is 25.3 Å². The molecule has 0 radical (unpaired) electrons. The summed E-state index contributed by atoms with van der Waals surface area (Å²) in [6.45, 7) is 3.42. The number of hydrogen-bond acceptors (Lipinski definition) is 3. The summed E-state index contributed by atoms with van der Waals surface area (Å²) in [7, 11) is 0. The van der Waals surface area contributed by atoms with Crippen molar-refractivity contribution in [1.82, 2.24) is 5.32 Å². The maximum absolute atomic E-state index is 12.0. The Hall–Kier alpha value is -2.53. The zero-order valence-electron chi connectivity index (χ0n) is 14.4. The third-order valence-corrected chi connectivity index (χ3v) is 4.38. The number of benzene rings is 2. The number of hydrogen-bond donors (Lipinski definition) is 3. The molecule has 1 atom stereocenters. The first-order chi connectivity index (χ1) is 12.2. The lowest BCUT2D eigenvalue weighted by molar-refractivity contribution is 0.243. The molecule has 2 aromatic rings. The molecule has 0 saturated heterocycles. The van der Waals surface area contributed by atoms with Crippen LogP contribution in [-0.2, 0) is 6.42 Å². The molecule has 132 valence electrons. The largest absolute Gasteiger partial charge is 0.493 e. The van der Waals surface area contributed by atoms with Crippen LogP contribution < -0.4 is 15.4 Å². The highest BCUT2D eigenvalue weighted by molar-refractivity contribution is 5.90. The summed E-state index contributed by atoms with van der Waals surface area (Å²) in [4.78, 5) is 12.0. The number of anilines is 1. The van der Waals surface area contributed by atoms with Crippen LogP contribution in [-0.4, -0.2) is 30.9 Å². The predicted molar refractivity (Wildman–Crippen MR) is 99.0 cm³/mol. The molecule has 25 heavy (non-hydrogen) atoms. The Morgan fingerprint density at radius 3 is 2.92 bits per heavy atom. The van der Waals surface area contributed by atoms with E-state index in [1.165, 1.54) is 5.56 Å². The molecular weight excluding hydrogens is 316 g/mol. The standard InChI is InChI=1S/C20H24N2O3/c1-14(7-9-23)13-21-20(24)22-18-4-2-3-15(12-18)16-5-6-19-17(11-16)8-10-25-19/h2-6,11-12,14,23H,7-10,13H2,1H3,(H2,21,22,24). The third-order valence-electron chi connectivity index (χ3n) is 4.38. The molecule has 0 aliphatic carbocycles. The van der Waals surface area contributed by atoms with E-state index < -0.39 is 0 Å². The van der Waals surface area contributed by atoms with Gasteiger partial charge in [-0.25, -0.2) is 4.79 Å². The number of urea groups is 1. The van der Waals surface area contributed by atoms with E-state index >= 15 is 0 Å². The lowest BCUT2D eigenvalue weighted by Gasteiger charge is -2.13. The molecular formula is C20H24N2O3. The summed E-state index contributed by atoms with van der Waals surface area (Å²) >= 11 is 0. The van der Waals surface area contributed by atoms with Crippen molar-refractivity contribution in [2.24, 2.45) is 5.92 Å². The number of carbonyl (C=O) groups excluding carboxylic acids is 1. The molecule has 5 heteroatoms. The first-order valence-corrected chi connectivity index (χ1v) is 8.67. The average molecular weight is 340 g/mol. The van der Waals surface area contributed by atoms with Crippen LogP contribution in [0.1, 0.15) is 18.9 Å². The first-order valence-electron chi connectivity index (χ1n) is 8.67. The van der Waals surface area contributed by atoms with Crippen molar-refractivity contribution in [1.29, 1.82) is 0 Å². The quantitative estimate of drug-likeness (QED) is 0.754. The number of aliphatic hydroxyl groups excluding tert-OH is 1. The summed E-state index contributed by atoms with van der Waals surface area (Å²) in [6, 6.07) is 13.8. The Morgan fingerprint density at radius 2 is 2.08 bits per heavy atom. The molecule has 1 aliphatic heterocycles. The molecule has 3 rings (SSSR count). The molecule has 0 bridgehead atoms. The van der Waals surface area contributed by atoms with E-state index in [0.29, 0.717) is 13.0 Å². The van der Waals surface area contributed by atoms with Gasteiger partial charge in [-0.05, 0) is 53.3 Å². The zero-order chi connectivity index (χ0) is 17.6. The molecule has 5 nitrogen and oxygen atoms in total. The first kappa shape index (κ1) is 17.3. The van der Waals surface area contributed by atoms with Crippen molar-refractivity contribution in [2.45, 2.75) is 19.8 Å². The van der Waals surface area contributed by atoms with Crippen molar-refractivity contribution in [2.75, 3.05) is 25.1 Å². The van der Waals surface area contributed by atoms with Crippen LogP contribution in [0.3, 0.4) is 0 Å².